The van der Waals surface area contributed by atoms with Gasteiger partial charge >= 0.3 is 0 Å². The van der Waals surface area contributed by atoms with E-state index in [4.69, 9.17) is 4.74 Å². The van der Waals surface area contributed by atoms with Crippen LogP contribution in [0.5, 0.6) is 0 Å². The maximum Gasteiger partial charge on any atom is 0.199 e. The molecule has 0 heterocycles. The molecular formula is C11H20O2. The van der Waals surface area contributed by atoms with Crippen LogP contribution >= 0.6 is 0 Å². The van der Waals surface area contributed by atoms with Crippen LogP contribution in [0.4, 0.5) is 0 Å². The SMILES string of the molecule is CCCCCCCC#COCOC. The molecule has 0 bridgehead atoms. The molecule has 0 aliphatic rings. The molecule has 0 N–H and O–H groups in total. The number of rotatable bonds is 7. The number of methoxy groups -OCH3 is 1. The van der Waals surface area contributed by atoms with Crippen LogP contribution in [-0.4, -0.2) is 13.9 Å². The van der Waals surface area contributed by atoms with Crippen molar-refractivity contribution in [2.75, 3.05) is 13.9 Å². The Bertz CT molecular complexity index is 144. The summed E-state index contributed by atoms with van der Waals surface area (Å²) in [5.41, 5.74) is 0. The Balaban J connectivity index is 2.99. The quantitative estimate of drug-likeness (QED) is 0.344. The molecule has 0 saturated heterocycles. The summed E-state index contributed by atoms with van der Waals surface area (Å²) < 4.78 is 9.50. The van der Waals surface area contributed by atoms with Gasteiger partial charge in [0, 0.05) is 13.5 Å². The van der Waals surface area contributed by atoms with E-state index >= 15 is 0 Å². The van der Waals surface area contributed by atoms with E-state index in [2.05, 4.69) is 23.7 Å². The van der Waals surface area contributed by atoms with Crippen molar-refractivity contribution in [3.05, 3.63) is 0 Å². The molecular weight excluding hydrogens is 164 g/mol. The molecule has 0 radical (unpaired) electrons. The van der Waals surface area contributed by atoms with Crippen molar-refractivity contribution in [3.63, 3.8) is 0 Å². The van der Waals surface area contributed by atoms with Gasteiger partial charge in [-0.2, -0.15) is 0 Å². The van der Waals surface area contributed by atoms with E-state index in [1.54, 1.807) is 7.11 Å². The standard InChI is InChI=1S/C11H20O2/c1-3-4-5-6-7-8-9-10-13-11-12-2/h3-8,11H2,1-2H3. The Morgan fingerprint density at radius 1 is 1.08 bits per heavy atom. The molecule has 0 fully saturated rings. The van der Waals surface area contributed by atoms with Crippen LogP contribution in [-0.2, 0) is 9.47 Å². The maximum absolute atomic E-state index is 4.83. The van der Waals surface area contributed by atoms with Gasteiger partial charge in [-0.3, -0.25) is 0 Å². The van der Waals surface area contributed by atoms with Gasteiger partial charge in [-0.15, -0.1) is 0 Å². The van der Waals surface area contributed by atoms with Crippen LogP contribution < -0.4 is 0 Å². The van der Waals surface area contributed by atoms with Gasteiger partial charge in [0.25, 0.3) is 0 Å². The van der Waals surface area contributed by atoms with E-state index in [1.165, 1.54) is 32.1 Å². The molecule has 0 aromatic carbocycles. The fraction of sp³-hybridized carbons (Fsp3) is 0.818. The van der Waals surface area contributed by atoms with Crippen molar-refractivity contribution in [2.45, 2.75) is 45.4 Å². The Morgan fingerprint density at radius 3 is 2.54 bits per heavy atom. The molecule has 76 valence electrons. The number of unbranched alkanes of at least 4 members (excludes halogenated alkanes) is 5. The zero-order chi connectivity index (χ0) is 9.78. The molecule has 0 aliphatic heterocycles. The van der Waals surface area contributed by atoms with E-state index < -0.39 is 0 Å². The highest BCUT2D eigenvalue weighted by Gasteiger charge is 1.85. The molecule has 0 amide bonds. The fourth-order valence-corrected chi connectivity index (χ4v) is 1.01. The van der Waals surface area contributed by atoms with Crippen LogP contribution in [0.1, 0.15) is 45.4 Å². The summed E-state index contributed by atoms with van der Waals surface area (Å²) in [6.45, 7) is 2.49. The zero-order valence-corrected chi connectivity index (χ0v) is 8.77. The Kier molecular flexibility index (Phi) is 10.7. The number of hydrogen-bond acceptors (Lipinski definition) is 2. The minimum atomic E-state index is 0.267. The predicted molar refractivity (Wildman–Crippen MR) is 54.1 cm³/mol. The van der Waals surface area contributed by atoms with Gasteiger partial charge in [0.05, 0.1) is 0 Å². The minimum absolute atomic E-state index is 0.267. The summed E-state index contributed by atoms with van der Waals surface area (Å²) in [4.78, 5) is 0. The summed E-state index contributed by atoms with van der Waals surface area (Å²) in [5.74, 6) is 2.94. The summed E-state index contributed by atoms with van der Waals surface area (Å²) in [7, 11) is 1.59. The summed E-state index contributed by atoms with van der Waals surface area (Å²) in [6, 6.07) is 0. The second-order valence-electron chi connectivity index (χ2n) is 2.99. The summed E-state index contributed by atoms with van der Waals surface area (Å²) in [6.07, 6.45) is 9.97. The van der Waals surface area contributed by atoms with Gasteiger partial charge in [-0.25, -0.2) is 0 Å². The second-order valence-corrected chi connectivity index (χ2v) is 2.99. The third kappa shape index (κ3) is 11.3. The fourth-order valence-electron chi connectivity index (χ4n) is 1.01. The van der Waals surface area contributed by atoms with Crippen molar-refractivity contribution in [1.82, 2.24) is 0 Å². The Morgan fingerprint density at radius 2 is 1.85 bits per heavy atom. The molecule has 13 heavy (non-hydrogen) atoms. The normalized spacial score (nSPS) is 9.08. The molecule has 0 atom stereocenters. The van der Waals surface area contributed by atoms with Gasteiger partial charge < -0.3 is 9.47 Å². The largest absolute Gasteiger partial charge is 0.417 e. The predicted octanol–water partition coefficient (Wildman–Crippen LogP) is 2.93. The first-order valence-electron chi connectivity index (χ1n) is 5.00. The van der Waals surface area contributed by atoms with E-state index in [0.29, 0.717) is 0 Å². The number of hydrogen-bond donors (Lipinski definition) is 0. The smallest absolute Gasteiger partial charge is 0.199 e. The minimum Gasteiger partial charge on any atom is -0.417 e. The Hall–Kier alpha value is -0.680. The van der Waals surface area contributed by atoms with Crippen molar-refractivity contribution in [1.29, 1.82) is 0 Å². The molecule has 0 unspecified atom stereocenters. The summed E-state index contributed by atoms with van der Waals surface area (Å²) >= 11 is 0. The van der Waals surface area contributed by atoms with Crippen LogP contribution in [0.25, 0.3) is 0 Å². The van der Waals surface area contributed by atoms with Crippen molar-refractivity contribution in [3.8, 4) is 12.0 Å². The molecule has 0 aromatic heterocycles. The lowest BCUT2D eigenvalue weighted by Gasteiger charge is -1.94. The summed E-state index contributed by atoms with van der Waals surface area (Å²) in [5, 5.41) is 0. The molecule has 0 rings (SSSR count). The van der Waals surface area contributed by atoms with Crippen LogP contribution in [0.15, 0.2) is 0 Å². The average Bonchev–Trinajstić information content (AvgIpc) is 2.16. The topological polar surface area (TPSA) is 18.5 Å². The highest BCUT2D eigenvalue weighted by molar-refractivity contribution is 4.90. The van der Waals surface area contributed by atoms with Crippen molar-refractivity contribution < 1.29 is 9.47 Å². The van der Waals surface area contributed by atoms with E-state index in [-0.39, 0.29) is 6.79 Å². The molecule has 2 nitrogen and oxygen atoms in total. The lowest BCUT2D eigenvalue weighted by Crippen LogP contribution is -1.88. The second kappa shape index (κ2) is 11.3. The molecule has 0 aliphatic carbocycles. The molecule has 2 heteroatoms. The van der Waals surface area contributed by atoms with Gasteiger partial charge in [0.2, 0.25) is 0 Å². The first-order valence-corrected chi connectivity index (χ1v) is 5.00. The van der Waals surface area contributed by atoms with Crippen molar-refractivity contribution >= 4 is 0 Å². The highest BCUT2D eigenvalue weighted by Crippen LogP contribution is 2.03. The average molecular weight is 184 g/mol. The lowest BCUT2D eigenvalue weighted by atomic mass is 10.1. The molecule has 0 saturated carbocycles. The third-order valence-corrected chi connectivity index (χ3v) is 1.73. The molecule has 0 aromatic rings. The van der Waals surface area contributed by atoms with Gasteiger partial charge in [-0.05, 0) is 6.42 Å². The van der Waals surface area contributed by atoms with E-state index in [9.17, 15) is 0 Å². The highest BCUT2D eigenvalue weighted by atomic mass is 16.6. The lowest BCUT2D eigenvalue weighted by molar-refractivity contribution is 0.0310. The number of ether oxygens (including phenoxy) is 2. The van der Waals surface area contributed by atoms with E-state index in [0.717, 1.165) is 6.42 Å². The van der Waals surface area contributed by atoms with Crippen LogP contribution in [0.3, 0.4) is 0 Å². The van der Waals surface area contributed by atoms with E-state index in [1.807, 2.05) is 0 Å². The van der Waals surface area contributed by atoms with Gasteiger partial charge in [0.1, 0.15) is 6.11 Å². The maximum atomic E-state index is 4.83. The van der Waals surface area contributed by atoms with Gasteiger partial charge in [-0.1, -0.05) is 38.5 Å². The first-order chi connectivity index (χ1) is 6.41. The Labute approximate surface area is 81.6 Å². The van der Waals surface area contributed by atoms with Gasteiger partial charge in [0.15, 0.2) is 6.79 Å². The van der Waals surface area contributed by atoms with Crippen LogP contribution in [0.2, 0.25) is 0 Å². The zero-order valence-electron chi connectivity index (χ0n) is 8.77. The third-order valence-electron chi connectivity index (χ3n) is 1.73. The first kappa shape index (κ1) is 12.3. The monoisotopic (exact) mass is 184 g/mol. The van der Waals surface area contributed by atoms with Crippen LogP contribution in [0, 0.1) is 12.0 Å². The van der Waals surface area contributed by atoms with Crippen molar-refractivity contribution in [2.24, 2.45) is 0 Å². The molecule has 0 spiro atoms.